The van der Waals surface area contributed by atoms with E-state index in [4.69, 9.17) is 4.42 Å². The lowest BCUT2D eigenvalue weighted by atomic mass is 9.87. The fraction of sp³-hybridized carbons (Fsp3) is 0.846. The minimum absolute atomic E-state index is 0.197. The zero-order chi connectivity index (χ0) is 12.1. The van der Waals surface area contributed by atoms with Gasteiger partial charge in [-0.3, -0.25) is 0 Å². The highest BCUT2D eigenvalue weighted by atomic mass is 16.4. The monoisotopic (exact) mass is 237 g/mol. The Labute approximate surface area is 103 Å². The highest BCUT2D eigenvalue weighted by molar-refractivity contribution is 4.90. The van der Waals surface area contributed by atoms with Crippen molar-refractivity contribution in [2.75, 3.05) is 7.05 Å². The van der Waals surface area contributed by atoms with E-state index in [1.54, 1.807) is 0 Å². The maximum atomic E-state index is 5.75. The van der Waals surface area contributed by atoms with E-state index < -0.39 is 0 Å². The number of nitrogens with zero attached hydrogens (tertiary/aromatic N) is 2. The normalized spacial score (nSPS) is 19.4. The quantitative estimate of drug-likeness (QED) is 0.855. The molecule has 1 aliphatic carbocycles. The average molecular weight is 237 g/mol. The van der Waals surface area contributed by atoms with E-state index in [1.807, 2.05) is 7.05 Å². The van der Waals surface area contributed by atoms with Gasteiger partial charge in [0.2, 0.25) is 11.8 Å². The Balaban J connectivity index is 1.93. The highest BCUT2D eigenvalue weighted by Gasteiger charge is 2.19. The standard InChI is InChI=1S/C13H23N3O/c1-3-11(14-2)13-16-15-12(17-13)9-10-7-5-4-6-8-10/h10-11,14H,3-9H2,1-2H3. The molecule has 96 valence electrons. The minimum Gasteiger partial charge on any atom is -0.424 e. The molecule has 1 fully saturated rings. The molecule has 0 amide bonds. The molecule has 0 radical (unpaired) electrons. The topological polar surface area (TPSA) is 51.0 Å². The van der Waals surface area contributed by atoms with Crippen LogP contribution in [0.1, 0.15) is 63.3 Å². The zero-order valence-electron chi connectivity index (χ0n) is 10.9. The van der Waals surface area contributed by atoms with E-state index in [0.717, 1.165) is 30.5 Å². The van der Waals surface area contributed by atoms with Crippen molar-refractivity contribution in [3.8, 4) is 0 Å². The molecule has 1 atom stereocenters. The van der Waals surface area contributed by atoms with Crippen LogP contribution < -0.4 is 5.32 Å². The summed E-state index contributed by atoms with van der Waals surface area (Å²) in [5.41, 5.74) is 0. The van der Waals surface area contributed by atoms with Gasteiger partial charge in [0.15, 0.2) is 0 Å². The summed E-state index contributed by atoms with van der Waals surface area (Å²) in [7, 11) is 1.93. The molecule has 1 heterocycles. The summed E-state index contributed by atoms with van der Waals surface area (Å²) in [6, 6.07) is 0.197. The summed E-state index contributed by atoms with van der Waals surface area (Å²) in [4.78, 5) is 0. The summed E-state index contributed by atoms with van der Waals surface area (Å²) >= 11 is 0. The van der Waals surface area contributed by atoms with Crippen molar-refractivity contribution in [1.29, 1.82) is 0 Å². The van der Waals surface area contributed by atoms with Gasteiger partial charge in [-0.15, -0.1) is 10.2 Å². The SMILES string of the molecule is CCC(NC)c1nnc(CC2CCCCC2)o1. The van der Waals surface area contributed by atoms with Crippen molar-refractivity contribution < 1.29 is 4.42 Å². The Morgan fingerprint density at radius 2 is 2.06 bits per heavy atom. The molecule has 1 aliphatic rings. The maximum absolute atomic E-state index is 5.75. The summed E-state index contributed by atoms with van der Waals surface area (Å²) in [6.45, 7) is 2.12. The Bertz CT molecular complexity index is 327. The molecule has 2 rings (SSSR count). The van der Waals surface area contributed by atoms with Gasteiger partial charge in [-0.2, -0.15) is 0 Å². The minimum atomic E-state index is 0.197. The Kier molecular flexibility index (Phi) is 4.54. The molecule has 1 aromatic heterocycles. The largest absolute Gasteiger partial charge is 0.424 e. The third-order valence-corrected chi connectivity index (χ3v) is 3.73. The van der Waals surface area contributed by atoms with Gasteiger partial charge >= 0.3 is 0 Å². The first-order valence-electron chi connectivity index (χ1n) is 6.83. The van der Waals surface area contributed by atoms with Gasteiger partial charge in [0.25, 0.3) is 0 Å². The van der Waals surface area contributed by atoms with Crippen LogP contribution in [0, 0.1) is 5.92 Å². The van der Waals surface area contributed by atoms with E-state index in [2.05, 4.69) is 22.4 Å². The molecule has 0 spiro atoms. The van der Waals surface area contributed by atoms with Crippen LogP contribution in [0.4, 0.5) is 0 Å². The van der Waals surface area contributed by atoms with E-state index >= 15 is 0 Å². The third kappa shape index (κ3) is 3.28. The molecule has 0 aromatic carbocycles. The van der Waals surface area contributed by atoms with Gasteiger partial charge in [0.1, 0.15) is 0 Å². The van der Waals surface area contributed by atoms with Crippen LogP contribution >= 0.6 is 0 Å². The molecule has 1 aromatic rings. The molecule has 17 heavy (non-hydrogen) atoms. The van der Waals surface area contributed by atoms with Gasteiger partial charge in [-0.1, -0.05) is 26.2 Å². The number of hydrogen-bond donors (Lipinski definition) is 1. The fourth-order valence-corrected chi connectivity index (χ4v) is 2.63. The fourth-order valence-electron chi connectivity index (χ4n) is 2.63. The second-order valence-electron chi connectivity index (χ2n) is 4.99. The molecule has 1 unspecified atom stereocenters. The van der Waals surface area contributed by atoms with E-state index in [9.17, 15) is 0 Å². The summed E-state index contributed by atoms with van der Waals surface area (Å²) in [6.07, 6.45) is 8.69. The lowest BCUT2D eigenvalue weighted by Gasteiger charge is -2.19. The second kappa shape index (κ2) is 6.15. The highest BCUT2D eigenvalue weighted by Crippen LogP contribution is 2.27. The molecular formula is C13H23N3O. The van der Waals surface area contributed by atoms with Crippen LogP contribution in [0.2, 0.25) is 0 Å². The molecule has 1 saturated carbocycles. The van der Waals surface area contributed by atoms with Crippen molar-refractivity contribution in [1.82, 2.24) is 15.5 Å². The van der Waals surface area contributed by atoms with Crippen LogP contribution in [-0.2, 0) is 6.42 Å². The number of nitrogens with one attached hydrogen (secondary N) is 1. The zero-order valence-corrected chi connectivity index (χ0v) is 10.9. The summed E-state index contributed by atoms with van der Waals surface area (Å²) < 4.78 is 5.75. The Morgan fingerprint density at radius 1 is 1.29 bits per heavy atom. The second-order valence-corrected chi connectivity index (χ2v) is 4.99. The number of aromatic nitrogens is 2. The first-order valence-corrected chi connectivity index (χ1v) is 6.83. The van der Waals surface area contributed by atoms with E-state index in [-0.39, 0.29) is 6.04 Å². The first kappa shape index (κ1) is 12.6. The lowest BCUT2D eigenvalue weighted by Crippen LogP contribution is -2.15. The van der Waals surface area contributed by atoms with Crippen LogP contribution in [-0.4, -0.2) is 17.2 Å². The van der Waals surface area contributed by atoms with Gasteiger partial charge in [-0.05, 0) is 32.2 Å². The maximum Gasteiger partial charge on any atom is 0.233 e. The predicted octanol–water partition coefficient (Wildman–Crippen LogP) is 2.86. The van der Waals surface area contributed by atoms with E-state index in [1.165, 1.54) is 32.1 Å². The number of hydrogen-bond acceptors (Lipinski definition) is 4. The first-order chi connectivity index (χ1) is 8.33. The smallest absolute Gasteiger partial charge is 0.233 e. The molecule has 0 bridgehead atoms. The summed E-state index contributed by atoms with van der Waals surface area (Å²) in [5.74, 6) is 2.31. The molecule has 0 aliphatic heterocycles. The van der Waals surface area contributed by atoms with Crippen LogP contribution in [0.3, 0.4) is 0 Å². The Hall–Kier alpha value is -0.900. The summed E-state index contributed by atoms with van der Waals surface area (Å²) in [5, 5.41) is 11.5. The van der Waals surface area contributed by atoms with Gasteiger partial charge < -0.3 is 9.73 Å². The van der Waals surface area contributed by atoms with Crippen molar-refractivity contribution >= 4 is 0 Å². The van der Waals surface area contributed by atoms with Crippen LogP contribution in [0.25, 0.3) is 0 Å². The number of rotatable bonds is 5. The molecule has 4 nitrogen and oxygen atoms in total. The van der Waals surface area contributed by atoms with Gasteiger partial charge in [0, 0.05) is 6.42 Å². The van der Waals surface area contributed by atoms with Crippen molar-refractivity contribution in [3.63, 3.8) is 0 Å². The third-order valence-electron chi connectivity index (χ3n) is 3.73. The molecule has 0 saturated heterocycles. The molecule has 4 heteroatoms. The van der Waals surface area contributed by atoms with Crippen LogP contribution in [0.15, 0.2) is 4.42 Å². The van der Waals surface area contributed by atoms with Crippen molar-refractivity contribution in [2.24, 2.45) is 5.92 Å². The average Bonchev–Trinajstić information content (AvgIpc) is 2.81. The van der Waals surface area contributed by atoms with Crippen molar-refractivity contribution in [3.05, 3.63) is 11.8 Å². The van der Waals surface area contributed by atoms with E-state index in [0.29, 0.717) is 0 Å². The molecular weight excluding hydrogens is 214 g/mol. The van der Waals surface area contributed by atoms with Crippen LogP contribution in [0.5, 0.6) is 0 Å². The van der Waals surface area contributed by atoms with Gasteiger partial charge in [0.05, 0.1) is 6.04 Å². The Morgan fingerprint density at radius 3 is 2.71 bits per heavy atom. The van der Waals surface area contributed by atoms with Gasteiger partial charge in [-0.25, -0.2) is 0 Å². The molecule has 1 N–H and O–H groups in total. The lowest BCUT2D eigenvalue weighted by molar-refractivity contribution is 0.316. The van der Waals surface area contributed by atoms with Crippen molar-refractivity contribution in [2.45, 2.75) is 57.9 Å². The predicted molar refractivity (Wildman–Crippen MR) is 66.7 cm³/mol.